The van der Waals surface area contributed by atoms with Gasteiger partial charge < -0.3 is 15.4 Å². The van der Waals surface area contributed by atoms with Crippen molar-refractivity contribution in [1.29, 1.82) is 0 Å². The van der Waals surface area contributed by atoms with Gasteiger partial charge in [0.25, 0.3) is 0 Å². The normalized spacial score (nSPS) is 26.8. The van der Waals surface area contributed by atoms with Crippen molar-refractivity contribution < 1.29 is 9.53 Å². The van der Waals surface area contributed by atoms with Gasteiger partial charge in [-0.2, -0.15) is 0 Å². The topological polar surface area (TPSA) is 53.6 Å². The van der Waals surface area contributed by atoms with Gasteiger partial charge in [0.2, 0.25) is 0 Å². The Hall–Kier alpha value is -1.59. The average molecular weight is 333 g/mol. The lowest BCUT2D eigenvalue weighted by Gasteiger charge is -2.34. The number of ether oxygens (including phenoxy) is 1. The number of benzene rings is 1. The van der Waals surface area contributed by atoms with Gasteiger partial charge in [-0.3, -0.25) is 4.90 Å². The van der Waals surface area contributed by atoms with E-state index in [0.29, 0.717) is 17.6 Å². The first-order chi connectivity index (χ1) is 11.3. The Morgan fingerprint density at radius 1 is 1.21 bits per heavy atom. The molecule has 134 valence electrons. The lowest BCUT2D eigenvalue weighted by molar-refractivity contribution is 0.136. The zero-order valence-corrected chi connectivity index (χ0v) is 15.6. The zero-order valence-electron chi connectivity index (χ0n) is 15.6. The van der Waals surface area contributed by atoms with Crippen LogP contribution >= 0.6 is 0 Å². The van der Waals surface area contributed by atoms with Crippen LogP contribution in [0.15, 0.2) is 30.3 Å². The third kappa shape index (κ3) is 4.48. The van der Waals surface area contributed by atoms with Crippen molar-refractivity contribution in [3.05, 3.63) is 35.9 Å². The number of likely N-dealkylation sites (tertiary alicyclic amines) is 1. The van der Waals surface area contributed by atoms with E-state index in [0.717, 1.165) is 11.5 Å². The second-order valence-electron chi connectivity index (χ2n) is 7.61. The largest absolute Gasteiger partial charge is 0.364 e. The Morgan fingerprint density at radius 2 is 1.88 bits per heavy atom. The van der Waals surface area contributed by atoms with Gasteiger partial charge in [0.1, 0.15) is 6.73 Å². The van der Waals surface area contributed by atoms with E-state index in [1.54, 1.807) is 0 Å². The number of urea groups is 1. The summed E-state index contributed by atoms with van der Waals surface area (Å²) in [5.74, 6) is 1.01. The maximum absolute atomic E-state index is 11.1. The van der Waals surface area contributed by atoms with Crippen LogP contribution in [-0.2, 0) is 11.3 Å². The Morgan fingerprint density at radius 3 is 2.33 bits per heavy atom. The molecule has 2 unspecified atom stereocenters. The molecule has 1 aromatic rings. The lowest BCUT2D eigenvalue weighted by Crippen LogP contribution is -2.42. The lowest BCUT2D eigenvalue weighted by atomic mass is 10.00. The predicted octanol–water partition coefficient (Wildman–Crippen LogP) is 2.97. The van der Waals surface area contributed by atoms with Gasteiger partial charge in [0, 0.05) is 24.7 Å². The molecule has 5 nitrogen and oxygen atoms in total. The second kappa shape index (κ2) is 7.53. The van der Waals surface area contributed by atoms with Crippen LogP contribution < -0.4 is 10.6 Å². The number of methoxy groups -OCH3 is 1. The monoisotopic (exact) mass is 333 g/mol. The Bertz CT molecular complexity index is 542. The summed E-state index contributed by atoms with van der Waals surface area (Å²) in [6.45, 7) is 7.85. The van der Waals surface area contributed by atoms with Crippen molar-refractivity contribution in [2.75, 3.05) is 20.9 Å². The number of rotatable bonds is 4. The van der Waals surface area contributed by atoms with Crippen molar-refractivity contribution >= 4 is 6.03 Å². The van der Waals surface area contributed by atoms with E-state index in [2.05, 4.69) is 43.4 Å². The maximum atomic E-state index is 11.1. The number of amides is 2. The summed E-state index contributed by atoms with van der Waals surface area (Å²) in [6.07, 6.45) is 2.84. The fourth-order valence-electron chi connectivity index (χ4n) is 3.55. The highest BCUT2D eigenvalue weighted by Gasteiger charge is 2.62. The maximum Gasteiger partial charge on any atom is 0.316 e. The third-order valence-corrected chi connectivity index (χ3v) is 5.47. The molecule has 0 radical (unpaired) electrons. The van der Waals surface area contributed by atoms with Crippen LogP contribution in [0.2, 0.25) is 0 Å². The fraction of sp³-hybridized carbons (Fsp3) is 0.632. The molecule has 5 heteroatoms. The van der Waals surface area contributed by atoms with Gasteiger partial charge in [-0.15, -0.1) is 0 Å². The van der Waals surface area contributed by atoms with Crippen molar-refractivity contribution in [2.45, 2.75) is 51.2 Å². The van der Waals surface area contributed by atoms with Crippen LogP contribution in [0.5, 0.6) is 0 Å². The van der Waals surface area contributed by atoms with Gasteiger partial charge in [-0.25, -0.2) is 4.79 Å². The first-order valence-electron chi connectivity index (χ1n) is 8.58. The Balaban J connectivity index is 0.000000182. The number of carbonyl (C=O) groups is 1. The highest BCUT2D eigenvalue weighted by atomic mass is 16.5. The van der Waals surface area contributed by atoms with E-state index < -0.39 is 0 Å². The molecule has 24 heavy (non-hydrogen) atoms. The van der Waals surface area contributed by atoms with Gasteiger partial charge in [0.15, 0.2) is 0 Å². The summed E-state index contributed by atoms with van der Waals surface area (Å²) in [4.78, 5) is 13.6. The van der Waals surface area contributed by atoms with Gasteiger partial charge >= 0.3 is 6.03 Å². The molecule has 1 saturated carbocycles. The first-order valence-corrected chi connectivity index (χ1v) is 8.58. The minimum absolute atomic E-state index is 0.223. The second-order valence-corrected chi connectivity index (χ2v) is 7.61. The Kier molecular flexibility index (Phi) is 5.88. The molecule has 2 atom stereocenters. The number of hydrogen-bond acceptors (Lipinski definition) is 3. The van der Waals surface area contributed by atoms with Crippen LogP contribution in [0.4, 0.5) is 4.79 Å². The first kappa shape index (κ1) is 18.7. The minimum Gasteiger partial charge on any atom is -0.364 e. The van der Waals surface area contributed by atoms with Crippen molar-refractivity contribution in [1.82, 2.24) is 15.5 Å². The average Bonchev–Trinajstić information content (AvgIpc) is 3.16. The van der Waals surface area contributed by atoms with E-state index in [9.17, 15) is 4.79 Å². The molecule has 0 spiro atoms. The molecule has 2 aliphatic rings. The SMILES string of the molecule is CN1C(C)(C)CC2CC21C.COCNC(=O)NCc1ccccc1. The number of carbonyl (C=O) groups excluding carboxylic acids is 1. The molecule has 1 heterocycles. The number of fused-ring (bicyclic) bond motifs is 1. The summed E-state index contributed by atoms with van der Waals surface area (Å²) < 4.78 is 4.69. The van der Waals surface area contributed by atoms with Gasteiger partial charge in [-0.05, 0) is 52.1 Å². The van der Waals surface area contributed by atoms with Crippen LogP contribution in [0.25, 0.3) is 0 Å². The molecular weight excluding hydrogens is 302 g/mol. The summed E-state index contributed by atoms with van der Waals surface area (Å²) in [6, 6.07) is 9.49. The minimum atomic E-state index is -0.226. The highest BCUT2D eigenvalue weighted by molar-refractivity contribution is 5.73. The number of piperidine rings is 1. The molecule has 0 bridgehead atoms. The summed E-state index contributed by atoms with van der Waals surface area (Å²) in [5.41, 5.74) is 2.13. The van der Waals surface area contributed by atoms with E-state index in [1.165, 1.54) is 20.0 Å². The molecule has 2 N–H and O–H groups in total. The van der Waals surface area contributed by atoms with Gasteiger partial charge in [0.05, 0.1) is 0 Å². The van der Waals surface area contributed by atoms with E-state index >= 15 is 0 Å². The standard InChI is InChI=1S/C10H14N2O2.C9H17N/c1-14-8-12-10(13)11-7-9-5-3-2-4-6-9;1-8(2)5-7-6-9(7,3)10(8)4/h2-6H,7-8H2,1H3,(H2,11,12,13);7H,5-6H2,1-4H3. The van der Waals surface area contributed by atoms with Crippen LogP contribution in [0.1, 0.15) is 39.2 Å². The fourth-order valence-corrected chi connectivity index (χ4v) is 3.55. The summed E-state index contributed by atoms with van der Waals surface area (Å²) >= 11 is 0. The molecule has 1 aromatic carbocycles. The molecule has 1 aliphatic heterocycles. The quantitative estimate of drug-likeness (QED) is 0.833. The zero-order chi connectivity index (χ0) is 17.8. The number of nitrogens with zero attached hydrogens (tertiary/aromatic N) is 1. The van der Waals surface area contributed by atoms with Crippen LogP contribution in [-0.4, -0.2) is 42.9 Å². The molecule has 2 fully saturated rings. The van der Waals surface area contributed by atoms with Crippen LogP contribution in [0, 0.1) is 5.92 Å². The number of nitrogens with one attached hydrogen (secondary N) is 2. The molecule has 3 rings (SSSR count). The number of hydrogen-bond donors (Lipinski definition) is 2. The third-order valence-electron chi connectivity index (χ3n) is 5.47. The summed E-state index contributed by atoms with van der Waals surface area (Å²) in [5, 5.41) is 5.23. The van der Waals surface area contributed by atoms with Crippen LogP contribution in [0.3, 0.4) is 0 Å². The molecule has 1 aliphatic carbocycles. The van der Waals surface area contributed by atoms with Crippen molar-refractivity contribution in [3.63, 3.8) is 0 Å². The Labute approximate surface area is 145 Å². The van der Waals surface area contributed by atoms with Crippen molar-refractivity contribution in [2.24, 2.45) is 5.92 Å². The summed E-state index contributed by atoms with van der Waals surface area (Å²) in [7, 11) is 3.80. The van der Waals surface area contributed by atoms with Crippen molar-refractivity contribution in [3.8, 4) is 0 Å². The smallest absolute Gasteiger partial charge is 0.316 e. The predicted molar refractivity (Wildman–Crippen MR) is 96.7 cm³/mol. The van der Waals surface area contributed by atoms with Gasteiger partial charge in [-0.1, -0.05) is 30.3 Å². The molecule has 0 aromatic heterocycles. The highest BCUT2D eigenvalue weighted by Crippen LogP contribution is 2.60. The molecular formula is C19H31N3O2. The van der Waals surface area contributed by atoms with E-state index in [-0.39, 0.29) is 12.8 Å². The van der Waals surface area contributed by atoms with E-state index in [4.69, 9.17) is 4.74 Å². The molecule has 1 saturated heterocycles. The molecule has 2 amide bonds. The van der Waals surface area contributed by atoms with E-state index in [1.807, 2.05) is 30.3 Å².